The second kappa shape index (κ2) is 2.79. The molecule has 0 aromatic carbocycles. The molecule has 0 rings (SSSR count). The maximum Gasteiger partial charge on any atom is 0.0905 e. The fourth-order valence-corrected chi connectivity index (χ4v) is 0. The Kier molecular flexibility index (Phi) is 2.64. The molecule has 0 fully saturated rings. The first-order valence-corrected chi connectivity index (χ1v) is 1.74. The summed E-state index contributed by atoms with van der Waals surface area (Å²) in [4.78, 5) is 0. The maximum atomic E-state index is 7.58. The molecule has 1 nitrogen and oxygen atoms in total. The van der Waals surface area contributed by atoms with Crippen molar-refractivity contribution in [3.63, 3.8) is 0 Å². The van der Waals surface area contributed by atoms with Gasteiger partial charge in [0.1, 0.15) is 0 Å². The molecule has 0 aromatic heterocycles. The molecule has 0 heterocycles. The summed E-state index contributed by atoms with van der Waals surface area (Å²) in [5.41, 5.74) is 0. The van der Waals surface area contributed by atoms with Crippen LogP contribution in [0.4, 0.5) is 0 Å². The van der Waals surface area contributed by atoms with Crippen molar-refractivity contribution in [3.05, 3.63) is 0 Å². The summed E-state index contributed by atoms with van der Waals surface area (Å²) in [7, 11) is 1.54. The summed E-state index contributed by atoms with van der Waals surface area (Å²) in [6, 6.07) is 1.82. The SMILES string of the molecule is N#CC=[PH3]. The zero-order chi connectivity index (χ0) is 3.41. The van der Waals surface area contributed by atoms with Crippen LogP contribution in [0.15, 0.2) is 0 Å². The van der Waals surface area contributed by atoms with E-state index < -0.39 is 0 Å². The van der Waals surface area contributed by atoms with Gasteiger partial charge in [-0.3, -0.25) is 0 Å². The van der Waals surface area contributed by atoms with Gasteiger partial charge in [0.05, 0.1) is 6.07 Å². The minimum absolute atomic E-state index is 1.46. The Labute approximate surface area is 27.1 Å². The van der Waals surface area contributed by atoms with Crippen LogP contribution >= 0.6 is 8.86 Å². The van der Waals surface area contributed by atoms with E-state index in [-0.39, 0.29) is 0 Å². The number of nitriles is 1. The highest BCUT2D eigenvalue weighted by Gasteiger charge is 1.33. The minimum Gasteiger partial charge on any atom is -0.193 e. The van der Waals surface area contributed by atoms with Crippen LogP contribution < -0.4 is 0 Å². The molecule has 0 bridgehead atoms. The summed E-state index contributed by atoms with van der Waals surface area (Å²) < 4.78 is 0. The summed E-state index contributed by atoms with van der Waals surface area (Å²) in [6.45, 7) is 0. The lowest BCUT2D eigenvalue weighted by Crippen LogP contribution is -1.38. The standard InChI is InChI=1S/C2H4NP/c3-1-2-4/h2H,4H3. The zero-order valence-corrected chi connectivity index (χ0v) is 3.65. The van der Waals surface area contributed by atoms with Crippen molar-refractivity contribution in [2.75, 3.05) is 0 Å². The van der Waals surface area contributed by atoms with Gasteiger partial charge < -0.3 is 0 Å². The van der Waals surface area contributed by atoms with Crippen LogP contribution in [0.2, 0.25) is 0 Å². The second-order valence-electron chi connectivity index (χ2n) is 0.333. The van der Waals surface area contributed by atoms with Gasteiger partial charge in [-0.15, -0.1) is 8.86 Å². The topological polar surface area (TPSA) is 23.8 Å². The van der Waals surface area contributed by atoms with E-state index in [0.29, 0.717) is 0 Å². The number of nitrogens with zero attached hydrogens (tertiary/aromatic N) is 1. The molecule has 22 valence electrons. The lowest BCUT2D eigenvalue weighted by atomic mass is 10.9. The first-order valence-electron chi connectivity index (χ1n) is 0.921. The van der Waals surface area contributed by atoms with E-state index in [1.165, 1.54) is 14.7 Å². The molecule has 0 saturated carbocycles. The fourth-order valence-electron chi connectivity index (χ4n) is 0. The van der Waals surface area contributed by atoms with E-state index in [1.54, 1.807) is 0 Å². The molecule has 2 heteroatoms. The second-order valence-corrected chi connectivity index (χ2v) is 0.741. The summed E-state index contributed by atoms with van der Waals surface area (Å²) >= 11 is 0. The fraction of sp³-hybridized carbons (Fsp3) is 0. The van der Waals surface area contributed by atoms with Crippen molar-refractivity contribution in [2.45, 2.75) is 0 Å². The maximum absolute atomic E-state index is 7.58. The third-order valence-electron chi connectivity index (χ3n) is 0.0913. The van der Waals surface area contributed by atoms with Gasteiger partial charge in [-0.1, -0.05) is 0 Å². The van der Waals surface area contributed by atoms with Crippen LogP contribution in [0, 0.1) is 11.3 Å². The molecule has 1 unspecified atom stereocenters. The Morgan fingerprint density at radius 1 is 2.00 bits per heavy atom. The molecule has 0 amide bonds. The number of hydrogen-bond donors (Lipinski definition) is 0. The Morgan fingerprint density at radius 2 is 2.25 bits per heavy atom. The van der Waals surface area contributed by atoms with Crippen molar-refractivity contribution < 1.29 is 0 Å². The molecule has 0 saturated heterocycles. The largest absolute Gasteiger partial charge is 0.193 e. The molecule has 0 spiro atoms. The first kappa shape index (κ1) is 3.79. The number of hydrogen-bond acceptors (Lipinski definition) is 1. The van der Waals surface area contributed by atoms with Crippen LogP contribution in [0.25, 0.3) is 0 Å². The van der Waals surface area contributed by atoms with Gasteiger partial charge in [0, 0.05) is 5.80 Å². The van der Waals surface area contributed by atoms with E-state index in [9.17, 15) is 0 Å². The van der Waals surface area contributed by atoms with Crippen LogP contribution in [0.3, 0.4) is 0 Å². The van der Waals surface area contributed by atoms with Gasteiger partial charge in [-0.25, -0.2) is 0 Å². The van der Waals surface area contributed by atoms with Gasteiger partial charge in [0.25, 0.3) is 0 Å². The third kappa shape index (κ3) is 1.79. The molecule has 1 atom stereocenters. The Balaban J connectivity index is 2.92. The monoisotopic (exact) mass is 73.0 g/mol. The van der Waals surface area contributed by atoms with Gasteiger partial charge in [0.2, 0.25) is 0 Å². The lowest BCUT2D eigenvalue weighted by Gasteiger charge is -1.32. The summed E-state index contributed by atoms with van der Waals surface area (Å²) in [6.07, 6.45) is 0. The van der Waals surface area contributed by atoms with Gasteiger partial charge in [0.15, 0.2) is 0 Å². The van der Waals surface area contributed by atoms with Crippen molar-refractivity contribution in [1.29, 1.82) is 5.26 Å². The highest BCUT2D eigenvalue weighted by molar-refractivity contribution is 7.19. The van der Waals surface area contributed by atoms with Gasteiger partial charge in [-0.05, 0) is 0 Å². The van der Waals surface area contributed by atoms with E-state index in [1.807, 2.05) is 6.07 Å². The van der Waals surface area contributed by atoms with E-state index >= 15 is 0 Å². The molecule has 0 N–H and O–H groups in total. The zero-order valence-electron chi connectivity index (χ0n) is 2.23. The van der Waals surface area contributed by atoms with E-state index in [2.05, 4.69) is 0 Å². The first-order chi connectivity index (χ1) is 1.91. The quantitative estimate of drug-likeness (QED) is 0.368. The van der Waals surface area contributed by atoms with Crippen molar-refractivity contribution in [3.8, 4) is 6.07 Å². The third-order valence-corrected chi connectivity index (χ3v) is 0.274. The molecule has 0 aliphatic rings. The molecule has 0 aliphatic carbocycles. The Morgan fingerprint density at radius 3 is 2.25 bits per heavy atom. The van der Waals surface area contributed by atoms with Crippen LogP contribution in [-0.4, -0.2) is 5.80 Å². The van der Waals surface area contributed by atoms with Crippen LogP contribution in [0.1, 0.15) is 0 Å². The average molecular weight is 73.0 g/mol. The smallest absolute Gasteiger partial charge is 0.0905 e. The van der Waals surface area contributed by atoms with Crippen molar-refractivity contribution in [2.24, 2.45) is 0 Å². The molecule has 0 aliphatic heterocycles. The molecular formula is C2H4NP. The average Bonchev–Trinajstić information content (AvgIpc) is 1.37. The number of rotatable bonds is 0. The molecule has 0 radical (unpaired) electrons. The van der Waals surface area contributed by atoms with Gasteiger partial charge >= 0.3 is 0 Å². The Hall–Kier alpha value is -0.210. The minimum atomic E-state index is 1.46. The van der Waals surface area contributed by atoms with E-state index in [0.717, 1.165) is 0 Å². The summed E-state index contributed by atoms with van der Waals surface area (Å²) in [5, 5.41) is 7.58. The highest BCUT2D eigenvalue weighted by Crippen LogP contribution is 1.43. The lowest BCUT2D eigenvalue weighted by molar-refractivity contribution is 1.56. The van der Waals surface area contributed by atoms with Gasteiger partial charge in [-0.2, -0.15) is 5.26 Å². The van der Waals surface area contributed by atoms with E-state index in [4.69, 9.17) is 5.26 Å². The normalized spacial score (nSPS) is 4.75. The predicted molar refractivity (Wildman–Crippen MR) is 22.8 cm³/mol. The Bertz CT molecular complexity index is 51.5. The molecular weight excluding hydrogens is 69.0 g/mol. The van der Waals surface area contributed by atoms with Crippen LogP contribution in [-0.2, 0) is 0 Å². The van der Waals surface area contributed by atoms with Crippen LogP contribution in [0.5, 0.6) is 0 Å². The predicted octanol–water partition coefficient (Wildman–Crippen LogP) is -0.0804. The van der Waals surface area contributed by atoms with Crippen molar-refractivity contribution in [1.82, 2.24) is 0 Å². The highest BCUT2D eigenvalue weighted by atomic mass is 31.0. The van der Waals surface area contributed by atoms with Crippen molar-refractivity contribution >= 4 is 14.7 Å². The molecule has 4 heavy (non-hydrogen) atoms. The molecule has 0 aromatic rings. The summed E-state index contributed by atoms with van der Waals surface area (Å²) in [5.74, 6) is 1.46.